The quantitative estimate of drug-likeness (QED) is 0.830. The molecule has 1 heterocycles. The lowest BCUT2D eigenvalue weighted by Gasteiger charge is -2.28. The first-order valence-corrected chi connectivity index (χ1v) is 7.94. The van der Waals surface area contributed by atoms with Crippen LogP contribution in [0.1, 0.15) is 37.1 Å². The van der Waals surface area contributed by atoms with Gasteiger partial charge in [-0.05, 0) is 18.9 Å². The molecule has 20 heavy (non-hydrogen) atoms. The lowest BCUT2D eigenvalue weighted by Crippen LogP contribution is -2.25. The summed E-state index contributed by atoms with van der Waals surface area (Å²) in [6, 6.07) is 7.90. The maximum atomic E-state index is 10.7. The van der Waals surface area contributed by atoms with Gasteiger partial charge in [0, 0.05) is 22.3 Å². The number of anilines is 1. The zero-order valence-corrected chi connectivity index (χ0v) is 13.3. The summed E-state index contributed by atoms with van der Waals surface area (Å²) in [4.78, 5) is 5.10. The van der Waals surface area contributed by atoms with Crippen molar-refractivity contribution in [3.05, 3.63) is 45.4 Å². The SMILES string of the molecule is CCC(O)(CC)c1ccccc1NCc1cnc(Cl)s1. The van der Waals surface area contributed by atoms with Crippen molar-refractivity contribution in [2.45, 2.75) is 38.8 Å². The van der Waals surface area contributed by atoms with Crippen LogP contribution >= 0.6 is 22.9 Å². The number of aromatic nitrogens is 1. The van der Waals surface area contributed by atoms with Gasteiger partial charge in [-0.25, -0.2) is 4.98 Å². The van der Waals surface area contributed by atoms with Gasteiger partial charge in [0.2, 0.25) is 0 Å². The van der Waals surface area contributed by atoms with Gasteiger partial charge >= 0.3 is 0 Å². The zero-order valence-electron chi connectivity index (χ0n) is 11.7. The molecule has 2 rings (SSSR count). The summed E-state index contributed by atoms with van der Waals surface area (Å²) in [7, 11) is 0. The Morgan fingerprint density at radius 1 is 1.30 bits per heavy atom. The first-order valence-electron chi connectivity index (χ1n) is 6.75. The summed E-state index contributed by atoms with van der Waals surface area (Å²) in [5, 5.41) is 14.1. The van der Waals surface area contributed by atoms with Crippen LogP contribution in [0.3, 0.4) is 0 Å². The highest BCUT2D eigenvalue weighted by atomic mass is 35.5. The van der Waals surface area contributed by atoms with Crippen LogP contribution in [-0.4, -0.2) is 10.1 Å². The van der Waals surface area contributed by atoms with Crippen molar-refractivity contribution in [1.82, 2.24) is 4.98 Å². The predicted octanol–water partition coefficient (Wildman–Crippen LogP) is 4.42. The minimum absolute atomic E-state index is 0.550. The Morgan fingerprint density at radius 2 is 2.00 bits per heavy atom. The van der Waals surface area contributed by atoms with Gasteiger partial charge in [0.15, 0.2) is 4.47 Å². The van der Waals surface area contributed by atoms with Crippen molar-refractivity contribution in [2.75, 3.05) is 5.32 Å². The van der Waals surface area contributed by atoms with Gasteiger partial charge in [0.1, 0.15) is 0 Å². The first-order chi connectivity index (χ1) is 9.59. The van der Waals surface area contributed by atoms with E-state index in [0.29, 0.717) is 23.9 Å². The Bertz CT molecular complexity index is 567. The highest BCUT2D eigenvalue weighted by molar-refractivity contribution is 7.15. The van der Waals surface area contributed by atoms with E-state index in [1.54, 1.807) is 6.20 Å². The number of hydrogen-bond acceptors (Lipinski definition) is 4. The summed E-state index contributed by atoms with van der Waals surface area (Å²) < 4.78 is 0.550. The minimum atomic E-state index is -0.783. The molecule has 1 aromatic heterocycles. The number of nitrogens with one attached hydrogen (secondary N) is 1. The van der Waals surface area contributed by atoms with Gasteiger partial charge in [-0.2, -0.15) is 0 Å². The fourth-order valence-electron chi connectivity index (χ4n) is 2.22. The fraction of sp³-hybridized carbons (Fsp3) is 0.400. The molecular formula is C15H19ClN2OS. The van der Waals surface area contributed by atoms with Crippen LogP contribution in [0.25, 0.3) is 0 Å². The van der Waals surface area contributed by atoms with E-state index in [1.807, 2.05) is 38.1 Å². The third-order valence-corrected chi connectivity index (χ3v) is 4.69. The van der Waals surface area contributed by atoms with Crippen LogP contribution < -0.4 is 5.32 Å². The number of benzene rings is 1. The second kappa shape index (κ2) is 6.57. The molecule has 2 aromatic rings. The zero-order chi connectivity index (χ0) is 14.6. The van der Waals surface area contributed by atoms with Crippen LogP contribution in [0.4, 0.5) is 5.69 Å². The van der Waals surface area contributed by atoms with Gasteiger partial charge in [0.25, 0.3) is 0 Å². The molecule has 0 aliphatic rings. The summed E-state index contributed by atoms with van der Waals surface area (Å²) in [6.07, 6.45) is 3.15. The van der Waals surface area contributed by atoms with Crippen molar-refractivity contribution in [3.8, 4) is 0 Å². The van der Waals surface area contributed by atoms with Crippen molar-refractivity contribution >= 4 is 28.6 Å². The number of nitrogens with zero attached hydrogens (tertiary/aromatic N) is 1. The molecule has 0 fully saturated rings. The maximum Gasteiger partial charge on any atom is 0.183 e. The number of thiazole rings is 1. The Morgan fingerprint density at radius 3 is 2.60 bits per heavy atom. The van der Waals surface area contributed by atoms with Crippen LogP contribution in [0, 0.1) is 0 Å². The van der Waals surface area contributed by atoms with Crippen molar-refractivity contribution in [2.24, 2.45) is 0 Å². The topological polar surface area (TPSA) is 45.1 Å². The summed E-state index contributed by atoms with van der Waals surface area (Å²) in [5.41, 5.74) is 1.12. The van der Waals surface area contributed by atoms with Gasteiger partial charge in [-0.1, -0.05) is 43.6 Å². The predicted molar refractivity (Wildman–Crippen MR) is 85.4 cm³/mol. The molecule has 1 aromatic carbocycles. The molecule has 108 valence electrons. The number of hydrogen-bond donors (Lipinski definition) is 2. The first kappa shape index (κ1) is 15.3. The van der Waals surface area contributed by atoms with Crippen LogP contribution in [0.5, 0.6) is 0 Å². The smallest absolute Gasteiger partial charge is 0.183 e. The van der Waals surface area contributed by atoms with E-state index in [0.717, 1.165) is 16.1 Å². The maximum absolute atomic E-state index is 10.7. The highest BCUT2D eigenvalue weighted by Crippen LogP contribution is 2.34. The van der Waals surface area contributed by atoms with Gasteiger partial charge in [-0.3, -0.25) is 0 Å². The van der Waals surface area contributed by atoms with E-state index in [2.05, 4.69) is 10.3 Å². The van der Waals surface area contributed by atoms with E-state index in [-0.39, 0.29) is 0 Å². The van der Waals surface area contributed by atoms with Crippen LogP contribution in [-0.2, 0) is 12.1 Å². The number of para-hydroxylation sites is 1. The molecule has 0 radical (unpaired) electrons. The molecule has 0 spiro atoms. The second-order valence-corrected chi connectivity index (χ2v) is 6.41. The average Bonchev–Trinajstić information content (AvgIpc) is 2.90. The molecule has 0 bridgehead atoms. The van der Waals surface area contributed by atoms with Crippen molar-refractivity contribution in [3.63, 3.8) is 0 Å². The Balaban J connectivity index is 2.19. The summed E-state index contributed by atoms with van der Waals surface area (Å²) >= 11 is 7.29. The second-order valence-electron chi connectivity index (χ2n) is 4.72. The normalized spacial score (nSPS) is 11.6. The Kier molecular flexibility index (Phi) is 5.02. The third kappa shape index (κ3) is 3.32. The molecule has 5 heteroatoms. The van der Waals surface area contributed by atoms with Crippen LogP contribution in [0.2, 0.25) is 4.47 Å². The van der Waals surface area contributed by atoms with E-state index >= 15 is 0 Å². The molecule has 0 aliphatic heterocycles. The third-order valence-electron chi connectivity index (χ3n) is 3.58. The van der Waals surface area contributed by atoms with Crippen molar-refractivity contribution in [1.29, 1.82) is 0 Å². The summed E-state index contributed by atoms with van der Waals surface area (Å²) in [6.45, 7) is 4.66. The van der Waals surface area contributed by atoms with E-state index in [1.165, 1.54) is 11.3 Å². The standard InChI is InChI=1S/C15H19ClN2OS/c1-3-15(19,4-2)12-7-5-6-8-13(12)17-9-11-10-18-14(16)20-11/h5-8,10,17,19H,3-4,9H2,1-2H3. The van der Waals surface area contributed by atoms with Gasteiger partial charge in [-0.15, -0.1) is 11.3 Å². The van der Waals surface area contributed by atoms with Crippen LogP contribution in [0.15, 0.2) is 30.5 Å². The average molecular weight is 311 g/mol. The highest BCUT2D eigenvalue weighted by Gasteiger charge is 2.27. The summed E-state index contributed by atoms with van der Waals surface area (Å²) in [5.74, 6) is 0. The Labute approximate surface area is 128 Å². The Hall–Kier alpha value is -1.10. The molecule has 0 unspecified atom stereocenters. The van der Waals surface area contributed by atoms with Gasteiger partial charge in [0.05, 0.1) is 12.1 Å². The van der Waals surface area contributed by atoms with Gasteiger partial charge < -0.3 is 10.4 Å². The molecule has 3 nitrogen and oxygen atoms in total. The molecular weight excluding hydrogens is 292 g/mol. The number of aliphatic hydroxyl groups is 1. The minimum Gasteiger partial charge on any atom is -0.385 e. The number of rotatable bonds is 6. The molecule has 0 atom stereocenters. The molecule has 2 N–H and O–H groups in total. The lowest BCUT2D eigenvalue weighted by molar-refractivity contribution is 0.0290. The number of halogens is 1. The lowest BCUT2D eigenvalue weighted by atomic mass is 9.87. The molecule has 0 amide bonds. The molecule has 0 saturated carbocycles. The molecule has 0 saturated heterocycles. The fourth-order valence-corrected chi connectivity index (χ4v) is 3.14. The monoisotopic (exact) mass is 310 g/mol. The van der Waals surface area contributed by atoms with E-state index < -0.39 is 5.60 Å². The van der Waals surface area contributed by atoms with Crippen molar-refractivity contribution < 1.29 is 5.11 Å². The largest absolute Gasteiger partial charge is 0.385 e. The van der Waals surface area contributed by atoms with E-state index in [4.69, 9.17) is 11.6 Å². The van der Waals surface area contributed by atoms with E-state index in [9.17, 15) is 5.11 Å². The molecule has 0 aliphatic carbocycles.